The van der Waals surface area contributed by atoms with Gasteiger partial charge in [0.25, 0.3) is 5.92 Å². The van der Waals surface area contributed by atoms with Crippen molar-refractivity contribution in [3.8, 4) is 0 Å². The quantitative estimate of drug-likeness (QED) is 0.757. The van der Waals surface area contributed by atoms with Crippen molar-refractivity contribution < 1.29 is 8.78 Å². The predicted octanol–water partition coefficient (Wildman–Crippen LogP) is 2.69. The molecule has 2 N–H and O–H groups in total. The van der Waals surface area contributed by atoms with Crippen LogP contribution in [0.3, 0.4) is 0 Å². The van der Waals surface area contributed by atoms with E-state index in [4.69, 9.17) is 0 Å². The molecule has 5 rings (SSSR count). The Morgan fingerprint density at radius 3 is 2.59 bits per heavy atom. The van der Waals surface area contributed by atoms with E-state index in [0.717, 1.165) is 69.4 Å². The third kappa shape index (κ3) is 4.13. The van der Waals surface area contributed by atoms with Crippen molar-refractivity contribution in [2.75, 3.05) is 45.8 Å². The second kappa shape index (κ2) is 8.88. The molecule has 0 radical (unpaired) electrons. The molecule has 0 bridgehead atoms. The molecule has 6 nitrogen and oxygen atoms in total. The summed E-state index contributed by atoms with van der Waals surface area (Å²) in [5, 5.41) is 6.71. The summed E-state index contributed by atoms with van der Waals surface area (Å²) in [6, 6.07) is 5.67. The van der Waals surface area contributed by atoms with Crippen LogP contribution in [0.1, 0.15) is 49.6 Å². The minimum absolute atomic E-state index is 0.0607. The lowest BCUT2D eigenvalue weighted by Crippen LogP contribution is -2.49. The van der Waals surface area contributed by atoms with Crippen LogP contribution in [0, 0.1) is 5.92 Å². The lowest BCUT2D eigenvalue weighted by atomic mass is 9.85. The van der Waals surface area contributed by atoms with Crippen LogP contribution in [0.15, 0.2) is 23.0 Å². The van der Waals surface area contributed by atoms with Gasteiger partial charge in [-0.3, -0.25) is 14.0 Å². The van der Waals surface area contributed by atoms with Crippen molar-refractivity contribution in [2.45, 2.75) is 50.0 Å². The summed E-state index contributed by atoms with van der Waals surface area (Å²) in [4.78, 5) is 14.9. The van der Waals surface area contributed by atoms with E-state index >= 15 is 8.78 Å². The molecule has 8 heteroatoms. The molecule has 32 heavy (non-hydrogen) atoms. The van der Waals surface area contributed by atoms with E-state index in [1.165, 1.54) is 0 Å². The van der Waals surface area contributed by atoms with Gasteiger partial charge < -0.3 is 10.6 Å². The summed E-state index contributed by atoms with van der Waals surface area (Å²) in [7, 11) is 1.75. The number of halogens is 2. The SMILES string of the molecule is Cn1c(=O)n(C2CCCNC2)c2ccc(C3CCN(CC4CCNCC4)CC3(F)F)cc21. The Labute approximate surface area is 188 Å². The van der Waals surface area contributed by atoms with E-state index in [0.29, 0.717) is 24.4 Å². The highest BCUT2D eigenvalue weighted by molar-refractivity contribution is 5.77. The van der Waals surface area contributed by atoms with Crippen molar-refractivity contribution in [1.82, 2.24) is 24.7 Å². The number of fused-ring (bicyclic) bond motifs is 1. The zero-order valence-electron chi connectivity index (χ0n) is 19.0. The molecule has 0 aliphatic carbocycles. The molecule has 4 heterocycles. The standard InChI is InChI=1S/C24H35F2N5O/c1-29-22-13-18(4-5-21(22)31(23(29)32)19-3-2-9-28-14-19)20-8-12-30(16-24(20,25)26)15-17-6-10-27-11-7-17/h4-5,13,17,19-20,27-28H,2-3,6-12,14-16H2,1H3. The number of hydrogen-bond donors (Lipinski definition) is 2. The highest BCUT2D eigenvalue weighted by atomic mass is 19.3. The third-order valence-electron chi connectivity index (χ3n) is 7.81. The fourth-order valence-electron chi connectivity index (χ4n) is 6.01. The van der Waals surface area contributed by atoms with Gasteiger partial charge in [0, 0.05) is 20.1 Å². The van der Waals surface area contributed by atoms with E-state index in [2.05, 4.69) is 10.6 Å². The zero-order chi connectivity index (χ0) is 22.3. The van der Waals surface area contributed by atoms with Crippen molar-refractivity contribution in [2.24, 2.45) is 13.0 Å². The van der Waals surface area contributed by atoms with Gasteiger partial charge in [0.1, 0.15) is 0 Å². The van der Waals surface area contributed by atoms with E-state index in [1.54, 1.807) is 11.6 Å². The highest BCUT2D eigenvalue weighted by Gasteiger charge is 2.45. The Balaban J connectivity index is 1.37. The van der Waals surface area contributed by atoms with E-state index in [1.807, 2.05) is 27.7 Å². The lowest BCUT2D eigenvalue weighted by Gasteiger charge is -2.40. The van der Waals surface area contributed by atoms with E-state index in [-0.39, 0.29) is 18.3 Å². The summed E-state index contributed by atoms with van der Waals surface area (Å²) in [5.74, 6) is -3.05. The predicted molar refractivity (Wildman–Crippen MR) is 123 cm³/mol. The average molecular weight is 448 g/mol. The van der Waals surface area contributed by atoms with Gasteiger partial charge in [-0.1, -0.05) is 6.07 Å². The Bertz CT molecular complexity index is 1000. The number of alkyl halides is 2. The molecule has 1 aromatic carbocycles. The number of nitrogens with zero attached hydrogens (tertiary/aromatic N) is 3. The second-order valence-electron chi connectivity index (χ2n) is 9.99. The smallest absolute Gasteiger partial charge is 0.317 e. The fourth-order valence-corrected chi connectivity index (χ4v) is 6.01. The van der Waals surface area contributed by atoms with Gasteiger partial charge in [-0.2, -0.15) is 0 Å². The molecular weight excluding hydrogens is 412 g/mol. The number of aryl methyl sites for hydroxylation is 1. The van der Waals surface area contributed by atoms with E-state index in [9.17, 15) is 4.79 Å². The number of benzene rings is 1. The lowest BCUT2D eigenvalue weighted by molar-refractivity contribution is -0.0860. The molecule has 0 saturated carbocycles. The number of imidazole rings is 1. The number of rotatable bonds is 4. The first-order valence-corrected chi connectivity index (χ1v) is 12.2. The van der Waals surface area contributed by atoms with Crippen LogP contribution in [0.25, 0.3) is 11.0 Å². The first-order chi connectivity index (χ1) is 15.4. The van der Waals surface area contributed by atoms with Crippen LogP contribution >= 0.6 is 0 Å². The number of likely N-dealkylation sites (tertiary alicyclic amines) is 1. The Morgan fingerprint density at radius 1 is 1.06 bits per heavy atom. The second-order valence-corrected chi connectivity index (χ2v) is 9.99. The Kier molecular flexibility index (Phi) is 6.11. The van der Waals surface area contributed by atoms with Crippen molar-refractivity contribution in [3.05, 3.63) is 34.2 Å². The van der Waals surface area contributed by atoms with Crippen LogP contribution in [-0.2, 0) is 7.05 Å². The minimum atomic E-state index is -2.77. The van der Waals surface area contributed by atoms with Gasteiger partial charge in [-0.15, -0.1) is 0 Å². The van der Waals surface area contributed by atoms with Gasteiger partial charge in [-0.25, -0.2) is 13.6 Å². The summed E-state index contributed by atoms with van der Waals surface area (Å²) in [5.41, 5.74) is 2.19. The molecule has 176 valence electrons. The van der Waals surface area contributed by atoms with Crippen LogP contribution in [0.5, 0.6) is 0 Å². The zero-order valence-corrected chi connectivity index (χ0v) is 19.0. The van der Waals surface area contributed by atoms with Crippen molar-refractivity contribution >= 4 is 11.0 Å². The average Bonchev–Trinajstić information content (AvgIpc) is 3.04. The molecule has 2 atom stereocenters. The van der Waals surface area contributed by atoms with E-state index < -0.39 is 11.8 Å². The monoisotopic (exact) mass is 447 g/mol. The largest absolute Gasteiger partial charge is 0.329 e. The number of piperidine rings is 3. The number of hydrogen-bond acceptors (Lipinski definition) is 4. The van der Waals surface area contributed by atoms with Gasteiger partial charge >= 0.3 is 5.69 Å². The van der Waals surface area contributed by atoms with Gasteiger partial charge in [0.15, 0.2) is 0 Å². The fraction of sp³-hybridized carbons (Fsp3) is 0.708. The summed E-state index contributed by atoms with van der Waals surface area (Å²) >= 11 is 0. The maximum absolute atomic E-state index is 15.3. The normalized spacial score (nSPS) is 27.7. The summed E-state index contributed by atoms with van der Waals surface area (Å²) in [6.45, 7) is 5.04. The molecular formula is C24H35F2N5O. The molecule has 2 unspecified atom stereocenters. The van der Waals surface area contributed by atoms with Crippen molar-refractivity contribution in [3.63, 3.8) is 0 Å². The van der Waals surface area contributed by atoms with Gasteiger partial charge in [0.2, 0.25) is 0 Å². The molecule has 3 aliphatic heterocycles. The van der Waals surface area contributed by atoms with Crippen molar-refractivity contribution in [1.29, 1.82) is 0 Å². The first kappa shape index (κ1) is 22.0. The van der Waals surface area contributed by atoms with Crippen LogP contribution in [0.2, 0.25) is 0 Å². The Morgan fingerprint density at radius 2 is 1.88 bits per heavy atom. The maximum Gasteiger partial charge on any atom is 0.329 e. The minimum Gasteiger partial charge on any atom is -0.317 e. The molecule has 3 fully saturated rings. The first-order valence-electron chi connectivity index (χ1n) is 12.2. The van der Waals surface area contributed by atoms with Crippen LogP contribution in [-0.4, -0.2) is 65.8 Å². The summed E-state index contributed by atoms with van der Waals surface area (Å²) < 4.78 is 34.1. The molecule has 3 aliphatic rings. The van der Waals surface area contributed by atoms with Gasteiger partial charge in [-0.05, 0) is 81.9 Å². The highest BCUT2D eigenvalue weighted by Crippen LogP contribution is 2.41. The molecule has 2 aromatic rings. The maximum atomic E-state index is 15.3. The van der Waals surface area contributed by atoms with Gasteiger partial charge in [0.05, 0.1) is 29.5 Å². The third-order valence-corrected chi connectivity index (χ3v) is 7.81. The number of nitrogens with one attached hydrogen (secondary N) is 2. The topological polar surface area (TPSA) is 54.2 Å². The molecule has 1 aromatic heterocycles. The number of aromatic nitrogens is 2. The Hall–Kier alpha value is -1.77. The molecule has 3 saturated heterocycles. The van der Waals surface area contributed by atoms with Crippen LogP contribution in [0.4, 0.5) is 8.78 Å². The molecule has 0 spiro atoms. The van der Waals surface area contributed by atoms with Crippen LogP contribution < -0.4 is 16.3 Å². The molecule has 0 amide bonds. The summed E-state index contributed by atoms with van der Waals surface area (Å²) in [6.07, 6.45) is 4.59.